The standard InChI is InChI=1S/C28H21N5O5S2/c1-38-27(35)23-24(34)25-22(40(36,37)31-23)17-21(39-25)26-29-32-33(30-26)28(18-11-5-2-6-12-18,19-13-7-3-8-14-19)20-15-9-4-10-16-20/h2-17,31,34H,1H3. The van der Waals surface area contributed by atoms with Gasteiger partial charge in [0.25, 0.3) is 10.0 Å². The number of hydrogen-bond acceptors (Lipinski definition) is 9. The Bertz CT molecular complexity index is 1750. The van der Waals surface area contributed by atoms with Gasteiger partial charge in [-0.05, 0) is 28.0 Å². The number of benzene rings is 3. The number of methoxy groups -OCH3 is 1. The molecule has 6 rings (SSSR count). The molecule has 0 spiro atoms. The zero-order valence-electron chi connectivity index (χ0n) is 20.9. The molecule has 0 saturated carbocycles. The normalized spacial score (nSPS) is 14.3. The molecule has 5 aromatic rings. The highest BCUT2D eigenvalue weighted by Crippen LogP contribution is 2.42. The summed E-state index contributed by atoms with van der Waals surface area (Å²) in [6.45, 7) is 0. The molecule has 12 heteroatoms. The molecule has 0 amide bonds. The molecule has 0 radical (unpaired) electrons. The van der Waals surface area contributed by atoms with Crippen LogP contribution in [0, 0.1) is 0 Å². The van der Waals surface area contributed by atoms with Crippen LogP contribution in [0.25, 0.3) is 16.5 Å². The summed E-state index contributed by atoms with van der Waals surface area (Å²) in [4.78, 5) is 13.7. The predicted molar refractivity (Wildman–Crippen MR) is 148 cm³/mol. The summed E-state index contributed by atoms with van der Waals surface area (Å²) < 4.78 is 32.5. The number of fused-ring (bicyclic) bond motifs is 1. The van der Waals surface area contributed by atoms with E-state index in [2.05, 4.69) is 19.8 Å². The van der Waals surface area contributed by atoms with E-state index in [9.17, 15) is 18.3 Å². The summed E-state index contributed by atoms with van der Waals surface area (Å²) in [5.74, 6) is -1.40. The maximum absolute atomic E-state index is 12.9. The van der Waals surface area contributed by atoms with Crippen LogP contribution in [0.1, 0.15) is 21.6 Å². The van der Waals surface area contributed by atoms with Crippen LogP contribution in [-0.2, 0) is 25.1 Å². The Morgan fingerprint density at radius 3 is 1.95 bits per heavy atom. The molecule has 2 N–H and O–H groups in total. The Morgan fingerprint density at radius 2 is 1.45 bits per heavy atom. The fourth-order valence-electron chi connectivity index (χ4n) is 4.78. The number of ether oxygens (including phenoxy) is 1. The summed E-state index contributed by atoms with van der Waals surface area (Å²) >= 11 is 0.929. The molecule has 0 aliphatic carbocycles. The molecule has 0 unspecified atom stereocenters. The van der Waals surface area contributed by atoms with Crippen LogP contribution in [-0.4, -0.2) is 46.8 Å². The van der Waals surface area contributed by atoms with Crippen LogP contribution >= 0.6 is 11.3 Å². The monoisotopic (exact) mass is 571 g/mol. The number of carbonyl (C=O) groups is 1. The highest BCUT2D eigenvalue weighted by atomic mass is 32.2. The second kappa shape index (κ2) is 9.74. The van der Waals surface area contributed by atoms with E-state index in [0.717, 1.165) is 35.1 Å². The van der Waals surface area contributed by atoms with E-state index in [1.165, 1.54) is 10.9 Å². The van der Waals surface area contributed by atoms with Crippen LogP contribution in [0.15, 0.2) is 108 Å². The fraction of sp³-hybridized carbons (Fsp3) is 0.0714. The minimum Gasteiger partial charge on any atom is -0.504 e. The van der Waals surface area contributed by atoms with Crippen molar-refractivity contribution in [2.24, 2.45) is 0 Å². The Balaban J connectivity index is 1.56. The molecule has 0 atom stereocenters. The van der Waals surface area contributed by atoms with Crippen molar-refractivity contribution in [3.05, 3.63) is 124 Å². The van der Waals surface area contributed by atoms with Gasteiger partial charge in [-0.15, -0.1) is 26.3 Å². The number of nitrogens with one attached hydrogen (secondary N) is 1. The minimum atomic E-state index is -4.16. The van der Waals surface area contributed by atoms with Crippen LogP contribution in [0.2, 0.25) is 0 Å². The van der Waals surface area contributed by atoms with Gasteiger partial charge in [-0.1, -0.05) is 91.0 Å². The van der Waals surface area contributed by atoms with Gasteiger partial charge in [0.1, 0.15) is 4.90 Å². The lowest BCUT2D eigenvalue weighted by Gasteiger charge is -2.34. The molecule has 200 valence electrons. The molecule has 0 bridgehead atoms. The molecule has 0 saturated heterocycles. The Kier molecular flexibility index (Phi) is 6.20. The lowest BCUT2D eigenvalue weighted by Crippen LogP contribution is -2.39. The van der Waals surface area contributed by atoms with Crippen LogP contribution in [0.3, 0.4) is 0 Å². The molecule has 2 aromatic heterocycles. The molecule has 40 heavy (non-hydrogen) atoms. The quantitative estimate of drug-likeness (QED) is 0.231. The first kappa shape index (κ1) is 25.5. The molecular formula is C28H21N5O5S2. The first-order chi connectivity index (χ1) is 19.4. The van der Waals surface area contributed by atoms with Crippen molar-refractivity contribution in [1.29, 1.82) is 0 Å². The van der Waals surface area contributed by atoms with Crippen molar-refractivity contribution in [3.8, 4) is 10.7 Å². The number of rotatable bonds is 6. The van der Waals surface area contributed by atoms with Gasteiger partial charge in [0.15, 0.2) is 17.0 Å². The van der Waals surface area contributed by atoms with Gasteiger partial charge in [0, 0.05) is 0 Å². The third kappa shape index (κ3) is 3.96. The Labute approximate surface area is 233 Å². The van der Waals surface area contributed by atoms with Crippen molar-refractivity contribution < 1.29 is 23.1 Å². The molecule has 1 aliphatic rings. The number of carbonyl (C=O) groups excluding carboxylic acids is 1. The van der Waals surface area contributed by atoms with E-state index in [0.29, 0.717) is 4.88 Å². The number of hydrogen-bond donors (Lipinski definition) is 2. The van der Waals surface area contributed by atoms with E-state index >= 15 is 0 Å². The highest BCUT2D eigenvalue weighted by molar-refractivity contribution is 7.90. The van der Waals surface area contributed by atoms with E-state index in [4.69, 9.17) is 5.10 Å². The van der Waals surface area contributed by atoms with Crippen molar-refractivity contribution in [2.45, 2.75) is 10.4 Å². The van der Waals surface area contributed by atoms with Gasteiger partial charge in [-0.25, -0.2) is 13.2 Å². The van der Waals surface area contributed by atoms with Gasteiger partial charge in [-0.3, -0.25) is 4.72 Å². The first-order valence-electron chi connectivity index (χ1n) is 12.0. The second-order valence-corrected chi connectivity index (χ2v) is 11.5. The number of aliphatic hydroxyl groups is 1. The SMILES string of the molecule is COC(=O)C1=C(O)c2sc(-c3nnn(C(c4ccccc4)(c4ccccc4)c4ccccc4)n3)cc2S(=O)(=O)N1. The van der Waals surface area contributed by atoms with Gasteiger partial charge >= 0.3 is 5.97 Å². The van der Waals surface area contributed by atoms with Crippen molar-refractivity contribution in [3.63, 3.8) is 0 Å². The lowest BCUT2D eigenvalue weighted by molar-refractivity contribution is -0.136. The first-order valence-corrected chi connectivity index (χ1v) is 14.3. The van der Waals surface area contributed by atoms with E-state index in [1.54, 1.807) is 0 Å². The largest absolute Gasteiger partial charge is 0.504 e. The Morgan fingerprint density at radius 1 is 0.925 bits per heavy atom. The molecule has 3 aromatic carbocycles. The summed E-state index contributed by atoms with van der Waals surface area (Å²) in [5, 5.41) is 24.2. The Hall–Kier alpha value is -4.81. The van der Waals surface area contributed by atoms with Gasteiger partial charge in [0.2, 0.25) is 5.82 Å². The highest BCUT2D eigenvalue weighted by Gasteiger charge is 2.42. The smallest absolute Gasteiger partial charge is 0.359 e. The maximum Gasteiger partial charge on any atom is 0.359 e. The summed E-state index contributed by atoms with van der Waals surface area (Å²) in [7, 11) is -3.07. The fourth-order valence-corrected chi connectivity index (χ4v) is 7.41. The number of aliphatic hydroxyl groups excluding tert-OH is 1. The van der Waals surface area contributed by atoms with Gasteiger partial charge in [-0.2, -0.15) is 0 Å². The van der Waals surface area contributed by atoms with Crippen molar-refractivity contribution in [2.75, 3.05) is 7.11 Å². The van der Waals surface area contributed by atoms with Crippen molar-refractivity contribution in [1.82, 2.24) is 24.9 Å². The van der Waals surface area contributed by atoms with Crippen LogP contribution in [0.5, 0.6) is 0 Å². The number of aromatic nitrogens is 4. The lowest BCUT2D eigenvalue weighted by atomic mass is 9.77. The van der Waals surface area contributed by atoms with Crippen LogP contribution < -0.4 is 4.72 Å². The van der Waals surface area contributed by atoms with E-state index in [-0.39, 0.29) is 15.6 Å². The predicted octanol–water partition coefficient (Wildman–Crippen LogP) is 3.93. The average molecular weight is 572 g/mol. The minimum absolute atomic E-state index is 0.0223. The second-order valence-electron chi connectivity index (χ2n) is 8.84. The van der Waals surface area contributed by atoms with Gasteiger partial charge in [0.05, 0.1) is 16.9 Å². The molecule has 1 aliphatic heterocycles. The number of esters is 1. The number of tetrazole rings is 1. The summed E-state index contributed by atoms with van der Waals surface area (Å²) in [5.41, 5.74) is 1.08. The maximum atomic E-state index is 12.9. The summed E-state index contributed by atoms with van der Waals surface area (Å²) in [6.07, 6.45) is 0. The molecule has 10 nitrogen and oxygen atoms in total. The van der Waals surface area contributed by atoms with E-state index < -0.39 is 33.0 Å². The third-order valence-corrected chi connectivity index (χ3v) is 9.21. The van der Waals surface area contributed by atoms with E-state index in [1.807, 2.05) is 91.0 Å². The molecular weight excluding hydrogens is 550 g/mol. The zero-order valence-corrected chi connectivity index (χ0v) is 22.6. The molecule has 0 fully saturated rings. The van der Waals surface area contributed by atoms with Crippen molar-refractivity contribution >= 4 is 33.1 Å². The average Bonchev–Trinajstić information content (AvgIpc) is 3.66. The molecule has 3 heterocycles. The topological polar surface area (TPSA) is 136 Å². The third-order valence-electron chi connectivity index (χ3n) is 6.57. The number of thiophene rings is 1. The summed E-state index contributed by atoms with van der Waals surface area (Å²) in [6, 6.07) is 30.7. The van der Waals surface area contributed by atoms with Gasteiger partial charge < -0.3 is 9.84 Å². The number of sulfonamides is 1. The number of nitrogens with zero attached hydrogens (tertiary/aromatic N) is 4. The zero-order chi connectivity index (χ0) is 27.9. The van der Waals surface area contributed by atoms with Crippen LogP contribution in [0.4, 0.5) is 0 Å².